The summed E-state index contributed by atoms with van der Waals surface area (Å²) in [6.45, 7) is 12.2. The van der Waals surface area contributed by atoms with E-state index in [-0.39, 0.29) is 6.04 Å². The summed E-state index contributed by atoms with van der Waals surface area (Å²) in [5.74, 6) is 1.29. The number of hydrogen-bond acceptors (Lipinski definition) is 5. The van der Waals surface area contributed by atoms with Gasteiger partial charge in [-0.05, 0) is 40.0 Å². The molecule has 170 valence electrons. The molecule has 1 rings (SSSR count). The first-order valence-corrected chi connectivity index (χ1v) is 10.9. The van der Waals surface area contributed by atoms with Crippen LogP contribution in [0.5, 0.6) is 0 Å². The number of carbonyl (C=O) groups excluding carboxylic acids is 1. The molecule has 0 saturated carbocycles. The standard InChI is InChI=1S/C21H42N4O4/c1-6-7-9-18(14-24-20(26)29-21(2,3)4)25-19(22-5)23-11-8-12-27-15-17-10-13-28-16-17/h17-18H,6-16H2,1-5H3,(H,24,26)(H2,22,23,25). The lowest BCUT2D eigenvalue weighted by atomic mass is 10.1. The SMILES string of the molecule is CCCCC(CNC(=O)OC(C)(C)C)NC(=NC)NCCCOCC1CCOC1. The monoisotopic (exact) mass is 414 g/mol. The van der Waals surface area contributed by atoms with Crippen molar-refractivity contribution in [1.29, 1.82) is 0 Å². The molecule has 0 aromatic heterocycles. The summed E-state index contributed by atoms with van der Waals surface area (Å²) in [5, 5.41) is 9.58. The Bertz CT molecular complexity index is 474. The third-order valence-electron chi connectivity index (χ3n) is 4.50. The van der Waals surface area contributed by atoms with E-state index >= 15 is 0 Å². The van der Waals surface area contributed by atoms with Gasteiger partial charge in [-0.3, -0.25) is 4.99 Å². The molecule has 0 aromatic carbocycles. The van der Waals surface area contributed by atoms with E-state index in [0.29, 0.717) is 12.5 Å². The number of hydrogen-bond donors (Lipinski definition) is 3. The molecule has 3 N–H and O–H groups in total. The molecule has 0 spiro atoms. The van der Waals surface area contributed by atoms with Gasteiger partial charge < -0.3 is 30.2 Å². The van der Waals surface area contributed by atoms with Gasteiger partial charge in [-0.25, -0.2) is 4.79 Å². The van der Waals surface area contributed by atoms with Crippen LogP contribution in [0.4, 0.5) is 4.79 Å². The maximum absolute atomic E-state index is 11.9. The lowest BCUT2D eigenvalue weighted by Crippen LogP contribution is -2.49. The average Bonchev–Trinajstić information content (AvgIpc) is 3.17. The van der Waals surface area contributed by atoms with E-state index in [2.05, 4.69) is 27.9 Å². The first kappa shape index (κ1) is 25.5. The van der Waals surface area contributed by atoms with Crippen LogP contribution in [0.2, 0.25) is 0 Å². The maximum Gasteiger partial charge on any atom is 0.407 e. The Labute approximate surface area is 176 Å². The minimum atomic E-state index is -0.499. The molecule has 0 bridgehead atoms. The molecular weight excluding hydrogens is 372 g/mol. The molecule has 1 amide bonds. The van der Waals surface area contributed by atoms with Gasteiger partial charge in [0.05, 0.1) is 13.2 Å². The maximum atomic E-state index is 11.9. The van der Waals surface area contributed by atoms with Crippen molar-refractivity contribution in [1.82, 2.24) is 16.0 Å². The summed E-state index contributed by atoms with van der Waals surface area (Å²) in [7, 11) is 1.75. The van der Waals surface area contributed by atoms with Crippen LogP contribution >= 0.6 is 0 Å². The predicted octanol–water partition coefficient (Wildman–Crippen LogP) is 2.68. The second kappa shape index (κ2) is 14.4. The second-order valence-corrected chi connectivity index (χ2v) is 8.52. The van der Waals surface area contributed by atoms with E-state index < -0.39 is 11.7 Å². The Morgan fingerprint density at radius 3 is 2.69 bits per heavy atom. The van der Waals surface area contributed by atoms with Crippen LogP contribution in [0.3, 0.4) is 0 Å². The van der Waals surface area contributed by atoms with Gasteiger partial charge in [0.2, 0.25) is 0 Å². The molecule has 8 nitrogen and oxygen atoms in total. The first-order chi connectivity index (χ1) is 13.8. The lowest BCUT2D eigenvalue weighted by molar-refractivity contribution is 0.0522. The van der Waals surface area contributed by atoms with Gasteiger partial charge in [0.15, 0.2) is 5.96 Å². The van der Waals surface area contributed by atoms with Crippen molar-refractivity contribution in [3.05, 3.63) is 0 Å². The van der Waals surface area contributed by atoms with Crippen LogP contribution in [-0.4, -0.2) is 70.3 Å². The van der Waals surface area contributed by atoms with Crippen molar-refractivity contribution in [3.8, 4) is 0 Å². The van der Waals surface area contributed by atoms with E-state index in [1.54, 1.807) is 7.05 Å². The zero-order valence-electron chi connectivity index (χ0n) is 19.0. The molecule has 2 atom stereocenters. The molecule has 8 heteroatoms. The number of ether oxygens (including phenoxy) is 3. The summed E-state index contributed by atoms with van der Waals surface area (Å²) < 4.78 is 16.4. The van der Waals surface area contributed by atoms with Crippen molar-refractivity contribution in [2.75, 3.05) is 46.6 Å². The number of nitrogens with zero attached hydrogens (tertiary/aromatic N) is 1. The summed E-state index contributed by atoms with van der Waals surface area (Å²) in [5.41, 5.74) is -0.499. The fourth-order valence-electron chi connectivity index (χ4n) is 2.93. The fourth-order valence-corrected chi connectivity index (χ4v) is 2.93. The minimum absolute atomic E-state index is 0.0901. The summed E-state index contributed by atoms with van der Waals surface area (Å²) in [6, 6.07) is 0.0901. The summed E-state index contributed by atoms with van der Waals surface area (Å²) in [6.07, 6.45) is 4.73. The van der Waals surface area contributed by atoms with Gasteiger partial charge >= 0.3 is 6.09 Å². The molecular formula is C21H42N4O4. The smallest absolute Gasteiger partial charge is 0.407 e. The predicted molar refractivity (Wildman–Crippen MR) is 116 cm³/mol. The molecule has 0 aromatic rings. The molecule has 1 aliphatic rings. The van der Waals surface area contributed by atoms with Crippen LogP contribution < -0.4 is 16.0 Å². The van der Waals surface area contributed by atoms with Crippen LogP contribution in [0.15, 0.2) is 4.99 Å². The highest BCUT2D eigenvalue weighted by atomic mass is 16.6. The molecule has 0 radical (unpaired) electrons. The third-order valence-corrected chi connectivity index (χ3v) is 4.50. The largest absolute Gasteiger partial charge is 0.444 e. The van der Waals surface area contributed by atoms with E-state index in [4.69, 9.17) is 14.2 Å². The van der Waals surface area contributed by atoms with Crippen molar-refractivity contribution in [3.63, 3.8) is 0 Å². The summed E-state index contributed by atoms with van der Waals surface area (Å²) in [4.78, 5) is 16.2. The van der Waals surface area contributed by atoms with E-state index in [0.717, 1.165) is 71.0 Å². The number of aliphatic imine (C=N–C) groups is 1. The second-order valence-electron chi connectivity index (χ2n) is 8.52. The van der Waals surface area contributed by atoms with Crippen molar-refractivity contribution >= 4 is 12.1 Å². The molecule has 1 fully saturated rings. The van der Waals surface area contributed by atoms with Gasteiger partial charge in [0.25, 0.3) is 0 Å². The quantitative estimate of drug-likeness (QED) is 0.258. The Morgan fingerprint density at radius 1 is 1.28 bits per heavy atom. The van der Waals surface area contributed by atoms with Crippen molar-refractivity contribution in [2.24, 2.45) is 10.9 Å². The molecule has 29 heavy (non-hydrogen) atoms. The molecule has 1 aliphatic heterocycles. The Morgan fingerprint density at radius 2 is 2.07 bits per heavy atom. The normalized spacial score (nSPS) is 18.4. The third kappa shape index (κ3) is 13.3. The molecule has 1 saturated heterocycles. The number of guanidine groups is 1. The van der Waals surface area contributed by atoms with Crippen LogP contribution in [0.25, 0.3) is 0 Å². The number of carbonyl (C=O) groups is 1. The van der Waals surface area contributed by atoms with Crippen LogP contribution in [-0.2, 0) is 14.2 Å². The first-order valence-electron chi connectivity index (χ1n) is 10.9. The van der Waals surface area contributed by atoms with Crippen LogP contribution in [0, 0.1) is 5.92 Å². The Hall–Kier alpha value is -1.54. The van der Waals surface area contributed by atoms with Crippen molar-refractivity contribution < 1.29 is 19.0 Å². The molecule has 2 unspecified atom stereocenters. The van der Waals surface area contributed by atoms with E-state index in [1.807, 2.05) is 20.8 Å². The molecule has 1 heterocycles. The zero-order valence-corrected chi connectivity index (χ0v) is 19.0. The van der Waals surface area contributed by atoms with E-state index in [9.17, 15) is 4.79 Å². The Balaban J connectivity index is 2.27. The zero-order chi connectivity index (χ0) is 21.5. The highest BCUT2D eigenvalue weighted by Crippen LogP contribution is 2.12. The van der Waals surface area contributed by atoms with Crippen molar-refractivity contribution in [2.45, 2.75) is 71.4 Å². The fraction of sp³-hybridized carbons (Fsp3) is 0.905. The minimum Gasteiger partial charge on any atom is -0.444 e. The van der Waals surface area contributed by atoms with Gasteiger partial charge in [-0.1, -0.05) is 19.8 Å². The van der Waals surface area contributed by atoms with Gasteiger partial charge in [-0.2, -0.15) is 0 Å². The highest BCUT2D eigenvalue weighted by Gasteiger charge is 2.18. The van der Waals surface area contributed by atoms with E-state index in [1.165, 1.54) is 0 Å². The molecule has 0 aliphatic carbocycles. The number of rotatable bonds is 12. The lowest BCUT2D eigenvalue weighted by Gasteiger charge is -2.24. The number of amides is 1. The van der Waals surface area contributed by atoms with Gasteiger partial charge in [0, 0.05) is 45.3 Å². The Kier molecular flexibility index (Phi) is 12.7. The topological polar surface area (TPSA) is 93.2 Å². The number of nitrogens with one attached hydrogen (secondary N) is 3. The highest BCUT2D eigenvalue weighted by molar-refractivity contribution is 5.80. The van der Waals surface area contributed by atoms with Gasteiger partial charge in [-0.15, -0.1) is 0 Å². The average molecular weight is 415 g/mol. The number of unbranched alkanes of at least 4 members (excludes halogenated alkanes) is 1. The van der Waals surface area contributed by atoms with Crippen LogP contribution in [0.1, 0.15) is 59.8 Å². The number of alkyl carbamates (subject to hydrolysis) is 1. The summed E-state index contributed by atoms with van der Waals surface area (Å²) >= 11 is 0. The van der Waals surface area contributed by atoms with Gasteiger partial charge in [0.1, 0.15) is 5.60 Å².